The minimum atomic E-state index is 0.273. The first-order valence-electron chi connectivity index (χ1n) is 4.94. The van der Waals surface area contributed by atoms with Crippen LogP contribution in [-0.4, -0.2) is 15.3 Å². The molecule has 0 aliphatic carbocycles. The minimum absolute atomic E-state index is 0.273. The number of aromatic amines is 1. The molecule has 1 aromatic carbocycles. The number of anilines is 1. The number of halogens is 1. The summed E-state index contributed by atoms with van der Waals surface area (Å²) in [6.45, 7) is 1.99. The summed E-state index contributed by atoms with van der Waals surface area (Å²) in [6.07, 6.45) is 0.766. The molecule has 1 heterocycles. The number of benzene rings is 1. The van der Waals surface area contributed by atoms with E-state index in [1.165, 1.54) is 0 Å². The van der Waals surface area contributed by atoms with Gasteiger partial charge in [-0.15, -0.1) is 0 Å². The Balaban J connectivity index is 2.60. The third-order valence-electron chi connectivity index (χ3n) is 2.42. The molecule has 0 spiro atoms. The Kier molecular flexibility index (Phi) is 2.87. The number of aryl methyl sites for hydroxylation is 1. The number of H-pyrrole nitrogens is 1. The van der Waals surface area contributed by atoms with Crippen LogP contribution in [0.4, 0.5) is 5.82 Å². The van der Waals surface area contributed by atoms with Crippen molar-refractivity contribution in [1.29, 1.82) is 0 Å². The Labute approximate surface area is 102 Å². The van der Waals surface area contributed by atoms with Crippen molar-refractivity contribution in [2.75, 3.05) is 5.73 Å². The Morgan fingerprint density at radius 1 is 1.44 bits per heavy atom. The number of nitrogen functional groups attached to an aromatic ring is 1. The van der Waals surface area contributed by atoms with Gasteiger partial charge >= 0.3 is 0 Å². The molecule has 0 saturated heterocycles. The number of hydrogen-bond donors (Lipinski definition) is 3. The van der Waals surface area contributed by atoms with E-state index in [0.29, 0.717) is 17.1 Å². The molecule has 84 valence electrons. The maximum atomic E-state index is 10.1. The van der Waals surface area contributed by atoms with Gasteiger partial charge in [-0.3, -0.25) is 5.10 Å². The fourth-order valence-electron chi connectivity index (χ4n) is 1.61. The summed E-state index contributed by atoms with van der Waals surface area (Å²) < 4.78 is 0.922. The lowest BCUT2D eigenvalue weighted by molar-refractivity contribution is 0.470. The van der Waals surface area contributed by atoms with Crippen molar-refractivity contribution in [2.24, 2.45) is 0 Å². The number of nitrogens with zero attached hydrogens (tertiary/aromatic N) is 1. The van der Waals surface area contributed by atoms with Gasteiger partial charge in [0.1, 0.15) is 11.6 Å². The molecule has 0 radical (unpaired) electrons. The predicted molar refractivity (Wildman–Crippen MR) is 67.2 cm³/mol. The summed E-state index contributed by atoms with van der Waals surface area (Å²) in [5.41, 5.74) is 7.84. The molecule has 0 aliphatic heterocycles. The van der Waals surface area contributed by atoms with Crippen LogP contribution in [-0.2, 0) is 6.42 Å². The highest BCUT2D eigenvalue weighted by molar-refractivity contribution is 9.10. The molecule has 0 aliphatic rings. The average molecular weight is 282 g/mol. The molecular weight excluding hydrogens is 270 g/mol. The smallest absolute Gasteiger partial charge is 0.145 e. The van der Waals surface area contributed by atoms with Crippen LogP contribution in [0.15, 0.2) is 22.7 Å². The number of phenolic OH excluding ortho intramolecular Hbond substituents is 1. The van der Waals surface area contributed by atoms with E-state index in [9.17, 15) is 5.11 Å². The van der Waals surface area contributed by atoms with Gasteiger partial charge in [0.2, 0.25) is 0 Å². The summed E-state index contributed by atoms with van der Waals surface area (Å²) in [4.78, 5) is 0. The predicted octanol–water partition coefficient (Wildman–Crippen LogP) is 2.69. The van der Waals surface area contributed by atoms with Crippen molar-refractivity contribution >= 4 is 21.7 Å². The highest BCUT2D eigenvalue weighted by Gasteiger charge is 2.11. The van der Waals surface area contributed by atoms with Crippen molar-refractivity contribution in [3.63, 3.8) is 0 Å². The molecule has 0 unspecified atom stereocenters. The Morgan fingerprint density at radius 2 is 2.19 bits per heavy atom. The summed E-state index contributed by atoms with van der Waals surface area (Å²) >= 11 is 3.42. The van der Waals surface area contributed by atoms with Gasteiger partial charge in [-0.1, -0.05) is 22.9 Å². The number of nitrogens with one attached hydrogen (secondary N) is 1. The van der Waals surface area contributed by atoms with Crippen molar-refractivity contribution in [3.05, 3.63) is 28.2 Å². The van der Waals surface area contributed by atoms with Crippen LogP contribution in [0.25, 0.3) is 11.3 Å². The normalized spacial score (nSPS) is 10.6. The summed E-state index contributed by atoms with van der Waals surface area (Å²) in [5, 5.41) is 16.7. The van der Waals surface area contributed by atoms with Crippen LogP contribution < -0.4 is 5.73 Å². The van der Waals surface area contributed by atoms with Crippen LogP contribution in [0.5, 0.6) is 5.75 Å². The molecule has 0 amide bonds. The molecule has 4 nitrogen and oxygen atoms in total. The van der Waals surface area contributed by atoms with Crippen LogP contribution in [0.2, 0.25) is 0 Å². The maximum Gasteiger partial charge on any atom is 0.145 e. The van der Waals surface area contributed by atoms with Gasteiger partial charge in [-0.25, -0.2) is 0 Å². The SMILES string of the molecule is CCc1cc(Br)cc(-c2cc(N)n[nH]2)c1O. The van der Waals surface area contributed by atoms with E-state index in [-0.39, 0.29) is 5.75 Å². The zero-order valence-electron chi connectivity index (χ0n) is 8.79. The highest BCUT2D eigenvalue weighted by Crippen LogP contribution is 2.35. The van der Waals surface area contributed by atoms with Crippen LogP contribution in [0, 0.1) is 0 Å². The molecule has 4 N–H and O–H groups in total. The highest BCUT2D eigenvalue weighted by atomic mass is 79.9. The molecule has 0 atom stereocenters. The first-order valence-corrected chi connectivity index (χ1v) is 5.73. The fourth-order valence-corrected chi connectivity index (χ4v) is 2.11. The zero-order chi connectivity index (χ0) is 11.7. The van der Waals surface area contributed by atoms with Gasteiger partial charge in [0.15, 0.2) is 0 Å². The second kappa shape index (κ2) is 4.17. The largest absolute Gasteiger partial charge is 0.507 e. The van der Waals surface area contributed by atoms with E-state index in [0.717, 1.165) is 16.5 Å². The topological polar surface area (TPSA) is 74.9 Å². The van der Waals surface area contributed by atoms with Gasteiger partial charge in [0.05, 0.1) is 5.69 Å². The second-order valence-corrected chi connectivity index (χ2v) is 4.44. The average Bonchev–Trinajstić information content (AvgIpc) is 2.67. The lowest BCUT2D eigenvalue weighted by Crippen LogP contribution is -1.87. The van der Waals surface area contributed by atoms with Crippen molar-refractivity contribution in [2.45, 2.75) is 13.3 Å². The molecule has 2 aromatic rings. The molecule has 5 heteroatoms. The maximum absolute atomic E-state index is 10.1. The minimum Gasteiger partial charge on any atom is -0.507 e. The number of nitrogens with two attached hydrogens (primary N) is 1. The third kappa shape index (κ3) is 1.90. The first-order chi connectivity index (χ1) is 7.61. The lowest BCUT2D eigenvalue weighted by atomic mass is 10.0. The van der Waals surface area contributed by atoms with Gasteiger partial charge in [0, 0.05) is 16.1 Å². The molecule has 16 heavy (non-hydrogen) atoms. The summed E-state index contributed by atoms with van der Waals surface area (Å²) in [5.74, 6) is 0.682. The number of hydrogen-bond acceptors (Lipinski definition) is 3. The quantitative estimate of drug-likeness (QED) is 0.792. The van der Waals surface area contributed by atoms with Crippen molar-refractivity contribution in [3.8, 4) is 17.0 Å². The van der Waals surface area contributed by atoms with Crippen molar-refractivity contribution < 1.29 is 5.11 Å². The third-order valence-corrected chi connectivity index (χ3v) is 2.88. The summed E-state index contributed by atoms with van der Waals surface area (Å²) in [6, 6.07) is 5.43. The molecule has 2 rings (SSSR count). The van der Waals surface area contributed by atoms with Gasteiger partial charge < -0.3 is 10.8 Å². The number of rotatable bonds is 2. The molecule has 0 saturated carbocycles. The van der Waals surface area contributed by atoms with Crippen LogP contribution >= 0.6 is 15.9 Å². The van der Waals surface area contributed by atoms with E-state index >= 15 is 0 Å². The van der Waals surface area contributed by atoms with E-state index < -0.39 is 0 Å². The van der Waals surface area contributed by atoms with Gasteiger partial charge in [-0.05, 0) is 24.1 Å². The van der Waals surface area contributed by atoms with E-state index in [4.69, 9.17) is 5.73 Å². The van der Waals surface area contributed by atoms with Gasteiger partial charge in [0.25, 0.3) is 0 Å². The van der Waals surface area contributed by atoms with Crippen LogP contribution in [0.3, 0.4) is 0 Å². The molecular formula is C11H12BrN3O. The van der Waals surface area contributed by atoms with Crippen LogP contribution in [0.1, 0.15) is 12.5 Å². The standard InChI is InChI=1S/C11H12BrN3O/c1-2-6-3-7(12)4-8(11(6)16)9-5-10(13)15-14-9/h3-5,16H,2H2,1H3,(H3,13,14,15). The monoisotopic (exact) mass is 281 g/mol. The fraction of sp³-hybridized carbons (Fsp3) is 0.182. The Hall–Kier alpha value is -1.49. The number of aromatic hydroxyl groups is 1. The number of aromatic nitrogens is 2. The Bertz CT molecular complexity index is 522. The van der Waals surface area contributed by atoms with E-state index in [2.05, 4.69) is 26.1 Å². The lowest BCUT2D eigenvalue weighted by Gasteiger charge is -2.08. The second-order valence-electron chi connectivity index (χ2n) is 3.52. The number of phenols is 1. The molecule has 1 aromatic heterocycles. The summed E-state index contributed by atoms with van der Waals surface area (Å²) in [7, 11) is 0. The van der Waals surface area contributed by atoms with E-state index in [1.54, 1.807) is 6.07 Å². The van der Waals surface area contributed by atoms with Crippen molar-refractivity contribution in [1.82, 2.24) is 10.2 Å². The molecule has 0 fully saturated rings. The Morgan fingerprint density at radius 3 is 2.75 bits per heavy atom. The van der Waals surface area contributed by atoms with Gasteiger partial charge in [-0.2, -0.15) is 5.10 Å². The molecule has 0 bridgehead atoms. The first kappa shape index (κ1) is 11.0. The van der Waals surface area contributed by atoms with E-state index in [1.807, 2.05) is 19.1 Å². The zero-order valence-corrected chi connectivity index (χ0v) is 10.4.